The Bertz CT molecular complexity index is 466. The molecule has 2 aliphatic rings. The molecular weight excluding hydrogens is 182 g/mol. The topological polar surface area (TPSA) is 12.4 Å². The summed E-state index contributed by atoms with van der Waals surface area (Å²) in [6.07, 6.45) is 6.58. The van der Waals surface area contributed by atoms with E-state index in [1.807, 2.05) is 6.21 Å². The van der Waals surface area contributed by atoms with Crippen LogP contribution in [0.3, 0.4) is 0 Å². The third-order valence-corrected chi connectivity index (χ3v) is 3.40. The van der Waals surface area contributed by atoms with Gasteiger partial charge in [-0.05, 0) is 34.2 Å². The first-order valence-corrected chi connectivity index (χ1v) is 5.60. The minimum Gasteiger partial charge on any atom is -0.288 e. The molecule has 1 atom stereocenters. The Labute approximate surface area is 90.5 Å². The van der Waals surface area contributed by atoms with Gasteiger partial charge in [-0.15, -0.1) is 0 Å². The van der Waals surface area contributed by atoms with E-state index in [1.165, 1.54) is 22.3 Å². The van der Waals surface area contributed by atoms with Crippen LogP contribution in [0.4, 0.5) is 0 Å². The maximum atomic E-state index is 4.31. The fourth-order valence-corrected chi connectivity index (χ4v) is 2.52. The molecular formula is C14H15N. The third-order valence-electron chi connectivity index (χ3n) is 3.40. The van der Waals surface area contributed by atoms with E-state index in [0.29, 0.717) is 11.8 Å². The van der Waals surface area contributed by atoms with Gasteiger partial charge in [-0.25, -0.2) is 0 Å². The number of benzene rings is 1. The summed E-state index contributed by atoms with van der Waals surface area (Å²) in [6, 6.07) is 4.63. The zero-order chi connectivity index (χ0) is 10.4. The predicted molar refractivity (Wildman–Crippen MR) is 64.4 cm³/mol. The number of allylic oxidation sites excluding steroid dienone is 1. The van der Waals surface area contributed by atoms with Crippen molar-refractivity contribution in [1.82, 2.24) is 0 Å². The standard InChI is InChI=1S/C14H15N/c1-9(2)13-4-3-10-5-11-7-15-8-12(11)6-14(10)13/h3-7,9,13H,8H2,1-2H3. The maximum Gasteiger partial charge on any atom is 0.0646 e. The molecule has 0 amide bonds. The summed E-state index contributed by atoms with van der Waals surface area (Å²) in [5, 5.41) is 0. The molecule has 0 saturated carbocycles. The van der Waals surface area contributed by atoms with Crippen LogP contribution >= 0.6 is 0 Å². The monoisotopic (exact) mass is 197 g/mol. The molecule has 0 bridgehead atoms. The molecule has 0 N–H and O–H groups in total. The molecule has 76 valence electrons. The van der Waals surface area contributed by atoms with Crippen LogP contribution < -0.4 is 0 Å². The Balaban J connectivity index is 2.11. The second-order valence-electron chi connectivity index (χ2n) is 4.78. The van der Waals surface area contributed by atoms with Gasteiger partial charge in [-0.2, -0.15) is 0 Å². The van der Waals surface area contributed by atoms with E-state index >= 15 is 0 Å². The van der Waals surface area contributed by atoms with Crippen LogP contribution in [0.5, 0.6) is 0 Å². The molecule has 1 unspecified atom stereocenters. The number of hydrogen-bond donors (Lipinski definition) is 0. The Kier molecular flexibility index (Phi) is 1.82. The average molecular weight is 197 g/mol. The van der Waals surface area contributed by atoms with E-state index in [4.69, 9.17) is 0 Å². The van der Waals surface area contributed by atoms with Crippen molar-refractivity contribution in [2.75, 3.05) is 0 Å². The highest BCUT2D eigenvalue weighted by atomic mass is 14.7. The normalized spacial score (nSPS) is 21.1. The molecule has 1 heteroatoms. The summed E-state index contributed by atoms with van der Waals surface area (Å²) in [5.74, 6) is 1.29. The van der Waals surface area contributed by atoms with Gasteiger partial charge in [0.2, 0.25) is 0 Å². The zero-order valence-electron chi connectivity index (χ0n) is 9.20. The first kappa shape index (κ1) is 8.90. The van der Waals surface area contributed by atoms with Crippen molar-refractivity contribution < 1.29 is 0 Å². The van der Waals surface area contributed by atoms with E-state index in [1.54, 1.807) is 0 Å². The number of fused-ring (bicyclic) bond motifs is 2. The third kappa shape index (κ3) is 1.26. The second-order valence-corrected chi connectivity index (χ2v) is 4.78. The van der Waals surface area contributed by atoms with Gasteiger partial charge in [-0.3, -0.25) is 4.99 Å². The fraction of sp³-hybridized carbons (Fsp3) is 0.357. The van der Waals surface area contributed by atoms with Crippen molar-refractivity contribution in [3.63, 3.8) is 0 Å². The highest BCUT2D eigenvalue weighted by Crippen LogP contribution is 2.37. The lowest BCUT2D eigenvalue weighted by Gasteiger charge is -2.15. The second kappa shape index (κ2) is 3.06. The molecule has 1 nitrogen and oxygen atoms in total. The lowest BCUT2D eigenvalue weighted by atomic mass is 9.88. The van der Waals surface area contributed by atoms with Crippen LogP contribution in [0, 0.1) is 5.92 Å². The number of aliphatic imine (C=N–C) groups is 1. The first-order valence-electron chi connectivity index (χ1n) is 5.60. The van der Waals surface area contributed by atoms with Gasteiger partial charge in [0, 0.05) is 12.1 Å². The van der Waals surface area contributed by atoms with Crippen LogP contribution in [0.1, 0.15) is 42.0 Å². The predicted octanol–water partition coefficient (Wildman–Crippen LogP) is 3.39. The Hall–Kier alpha value is -1.37. The van der Waals surface area contributed by atoms with Crippen molar-refractivity contribution >= 4 is 12.3 Å². The van der Waals surface area contributed by atoms with Crippen LogP contribution in [0.2, 0.25) is 0 Å². The van der Waals surface area contributed by atoms with Crippen molar-refractivity contribution in [3.05, 3.63) is 40.5 Å². The van der Waals surface area contributed by atoms with Gasteiger partial charge in [-0.1, -0.05) is 32.1 Å². The van der Waals surface area contributed by atoms with Crippen LogP contribution in [-0.4, -0.2) is 6.21 Å². The van der Waals surface area contributed by atoms with Crippen molar-refractivity contribution in [2.45, 2.75) is 26.3 Å². The van der Waals surface area contributed by atoms with Gasteiger partial charge < -0.3 is 0 Å². The van der Waals surface area contributed by atoms with Crippen LogP contribution in [0.15, 0.2) is 23.2 Å². The number of hydrogen-bond acceptors (Lipinski definition) is 1. The maximum absolute atomic E-state index is 4.31. The molecule has 0 spiro atoms. The molecule has 1 aliphatic carbocycles. The fourth-order valence-electron chi connectivity index (χ4n) is 2.52. The van der Waals surface area contributed by atoms with Gasteiger partial charge >= 0.3 is 0 Å². The Morgan fingerprint density at radius 2 is 2.13 bits per heavy atom. The smallest absolute Gasteiger partial charge is 0.0646 e. The highest BCUT2D eigenvalue weighted by molar-refractivity contribution is 5.86. The minimum absolute atomic E-state index is 0.603. The largest absolute Gasteiger partial charge is 0.288 e. The van der Waals surface area contributed by atoms with Gasteiger partial charge in [0.15, 0.2) is 0 Å². The van der Waals surface area contributed by atoms with E-state index in [9.17, 15) is 0 Å². The highest BCUT2D eigenvalue weighted by Gasteiger charge is 2.22. The molecule has 15 heavy (non-hydrogen) atoms. The van der Waals surface area contributed by atoms with Gasteiger partial charge in [0.25, 0.3) is 0 Å². The molecule has 0 aromatic heterocycles. The SMILES string of the molecule is CC(C)C1C=Cc2cc3c(cc21)CN=C3. The van der Waals surface area contributed by atoms with Crippen molar-refractivity contribution in [3.8, 4) is 0 Å². The molecule has 0 radical (unpaired) electrons. The quantitative estimate of drug-likeness (QED) is 0.654. The summed E-state index contributed by atoms with van der Waals surface area (Å²) in [6.45, 7) is 5.44. The lowest BCUT2D eigenvalue weighted by Crippen LogP contribution is -2.02. The molecule has 1 aromatic carbocycles. The Morgan fingerprint density at radius 3 is 2.93 bits per heavy atom. The Morgan fingerprint density at radius 1 is 1.27 bits per heavy atom. The molecule has 3 rings (SSSR count). The summed E-state index contributed by atoms with van der Waals surface area (Å²) >= 11 is 0. The summed E-state index contributed by atoms with van der Waals surface area (Å²) < 4.78 is 0. The first-order chi connectivity index (χ1) is 7.25. The van der Waals surface area contributed by atoms with E-state index in [2.05, 4.69) is 43.1 Å². The van der Waals surface area contributed by atoms with Crippen LogP contribution in [0.25, 0.3) is 6.08 Å². The molecule has 0 fully saturated rings. The minimum atomic E-state index is 0.603. The molecule has 0 saturated heterocycles. The summed E-state index contributed by atoms with van der Waals surface area (Å²) in [4.78, 5) is 4.31. The summed E-state index contributed by atoms with van der Waals surface area (Å²) in [5.41, 5.74) is 5.58. The molecule has 1 aliphatic heterocycles. The zero-order valence-corrected chi connectivity index (χ0v) is 9.20. The molecule has 1 aromatic rings. The molecule has 1 heterocycles. The number of nitrogens with zero attached hydrogens (tertiary/aromatic N) is 1. The van der Waals surface area contributed by atoms with E-state index in [-0.39, 0.29) is 0 Å². The summed E-state index contributed by atoms with van der Waals surface area (Å²) in [7, 11) is 0. The van der Waals surface area contributed by atoms with E-state index < -0.39 is 0 Å². The van der Waals surface area contributed by atoms with Crippen molar-refractivity contribution in [2.24, 2.45) is 10.9 Å². The van der Waals surface area contributed by atoms with Crippen LogP contribution in [-0.2, 0) is 6.54 Å². The van der Waals surface area contributed by atoms with E-state index in [0.717, 1.165) is 6.54 Å². The number of rotatable bonds is 1. The van der Waals surface area contributed by atoms with Gasteiger partial charge in [0.05, 0.1) is 6.54 Å². The van der Waals surface area contributed by atoms with Gasteiger partial charge in [0.1, 0.15) is 0 Å². The average Bonchev–Trinajstić information content (AvgIpc) is 2.77. The lowest BCUT2D eigenvalue weighted by molar-refractivity contribution is 0.584. The van der Waals surface area contributed by atoms with Crippen molar-refractivity contribution in [1.29, 1.82) is 0 Å².